The van der Waals surface area contributed by atoms with E-state index in [9.17, 15) is 18.4 Å². The van der Waals surface area contributed by atoms with E-state index in [1.807, 2.05) is 0 Å². The van der Waals surface area contributed by atoms with Crippen LogP contribution >= 0.6 is 0 Å². The Hall–Kier alpha value is -2.87. The van der Waals surface area contributed by atoms with Crippen molar-refractivity contribution in [3.8, 4) is 0 Å². The van der Waals surface area contributed by atoms with Crippen LogP contribution in [0.2, 0.25) is 0 Å². The van der Waals surface area contributed by atoms with Gasteiger partial charge in [-0.05, 0) is 37.2 Å². The fourth-order valence-corrected chi connectivity index (χ4v) is 3.67. The molecule has 1 amide bonds. The molecule has 1 aromatic heterocycles. The number of ether oxygens (including phenoxy) is 1. The monoisotopic (exact) mass is 389 g/mol. The predicted molar refractivity (Wildman–Crippen MR) is 96.9 cm³/mol. The summed E-state index contributed by atoms with van der Waals surface area (Å²) in [5.41, 5.74) is 0.894. The molecule has 1 saturated heterocycles. The number of likely N-dealkylation sites (N-methyl/N-ethyl adjacent to an activating group) is 1. The van der Waals surface area contributed by atoms with E-state index in [1.165, 1.54) is 19.2 Å². The van der Waals surface area contributed by atoms with Crippen molar-refractivity contribution in [2.45, 2.75) is 25.0 Å². The summed E-state index contributed by atoms with van der Waals surface area (Å²) in [4.78, 5) is 30.5. The van der Waals surface area contributed by atoms with Gasteiger partial charge in [0.1, 0.15) is 6.04 Å². The number of carbonyl (C=O) groups is 2. The minimum atomic E-state index is -1.02. The van der Waals surface area contributed by atoms with Gasteiger partial charge in [0.25, 0.3) is 0 Å². The summed E-state index contributed by atoms with van der Waals surface area (Å²) in [7, 11) is 2.86. The minimum Gasteiger partial charge on any atom is -0.468 e. The molecule has 0 aliphatic carbocycles. The first kappa shape index (κ1) is 19.9. The third-order valence-electron chi connectivity index (χ3n) is 5.11. The first-order valence-corrected chi connectivity index (χ1v) is 8.84. The van der Waals surface area contributed by atoms with Crippen molar-refractivity contribution in [2.24, 2.45) is 5.92 Å². The molecule has 1 N–H and O–H groups in total. The number of amides is 1. The van der Waals surface area contributed by atoms with Gasteiger partial charge in [-0.3, -0.25) is 19.5 Å². The zero-order valence-electron chi connectivity index (χ0n) is 15.6. The highest BCUT2D eigenvalue weighted by molar-refractivity contribution is 5.83. The van der Waals surface area contributed by atoms with Gasteiger partial charge in [-0.15, -0.1) is 0 Å². The van der Waals surface area contributed by atoms with Gasteiger partial charge < -0.3 is 10.1 Å². The summed E-state index contributed by atoms with van der Waals surface area (Å²) in [5, 5.41) is 2.81. The predicted octanol–water partition coefficient (Wildman–Crippen LogP) is 2.21. The summed E-state index contributed by atoms with van der Waals surface area (Å²) >= 11 is 0. The molecule has 1 aliphatic rings. The molecule has 0 radical (unpaired) electrons. The maximum Gasteiger partial charge on any atom is 0.323 e. The number of carbonyl (C=O) groups excluding carboxylic acids is 2. The molecule has 1 aromatic carbocycles. The average Bonchev–Trinajstić information content (AvgIpc) is 3.05. The highest BCUT2D eigenvalue weighted by Gasteiger charge is 2.47. The zero-order valence-corrected chi connectivity index (χ0v) is 15.6. The van der Waals surface area contributed by atoms with E-state index >= 15 is 0 Å². The molecular formula is C20H21F2N3O3. The van der Waals surface area contributed by atoms with Gasteiger partial charge in [-0.2, -0.15) is 0 Å². The highest BCUT2D eigenvalue weighted by atomic mass is 19.2. The second-order valence-corrected chi connectivity index (χ2v) is 6.71. The summed E-state index contributed by atoms with van der Waals surface area (Å²) < 4.78 is 33.1. The molecule has 2 aromatic rings. The van der Waals surface area contributed by atoms with Crippen LogP contribution in [0, 0.1) is 17.6 Å². The molecule has 28 heavy (non-hydrogen) atoms. The zero-order chi connectivity index (χ0) is 20.3. The molecule has 1 fully saturated rings. The van der Waals surface area contributed by atoms with Gasteiger partial charge in [0.05, 0.1) is 19.1 Å². The Bertz CT molecular complexity index is 863. The van der Waals surface area contributed by atoms with Gasteiger partial charge in [0.15, 0.2) is 11.6 Å². The van der Waals surface area contributed by atoms with Crippen LogP contribution in [0.5, 0.6) is 0 Å². The van der Waals surface area contributed by atoms with Gasteiger partial charge in [0.2, 0.25) is 5.91 Å². The number of hydrogen-bond donors (Lipinski definition) is 1. The van der Waals surface area contributed by atoms with E-state index < -0.39 is 35.6 Å². The van der Waals surface area contributed by atoms with Crippen LogP contribution in [-0.2, 0) is 20.9 Å². The molecule has 3 atom stereocenters. The lowest BCUT2D eigenvalue weighted by atomic mass is 9.91. The Morgan fingerprint density at radius 1 is 1.25 bits per heavy atom. The Kier molecular flexibility index (Phi) is 5.99. The number of benzene rings is 1. The van der Waals surface area contributed by atoms with Crippen molar-refractivity contribution in [3.05, 3.63) is 65.5 Å². The lowest BCUT2D eigenvalue weighted by molar-refractivity contribution is -0.145. The van der Waals surface area contributed by atoms with E-state index in [-0.39, 0.29) is 24.4 Å². The largest absolute Gasteiger partial charge is 0.468 e. The number of halogens is 2. The van der Waals surface area contributed by atoms with Gasteiger partial charge in [-0.1, -0.05) is 12.1 Å². The number of nitrogens with one attached hydrogen (secondary N) is 1. The third kappa shape index (κ3) is 3.87. The van der Waals surface area contributed by atoms with E-state index in [4.69, 9.17) is 4.74 Å². The summed E-state index contributed by atoms with van der Waals surface area (Å²) in [6, 6.07) is 5.85. The smallest absolute Gasteiger partial charge is 0.323 e. The molecule has 1 aliphatic heterocycles. The Morgan fingerprint density at radius 3 is 2.64 bits per heavy atom. The molecular weight excluding hydrogens is 368 g/mol. The number of hydrogen-bond acceptors (Lipinski definition) is 5. The quantitative estimate of drug-likeness (QED) is 0.794. The summed E-state index contributed by atoms with van der Waals surface area (Å²) in [6.07, 6.45) is 3.37. The van der Waals surface area contributed by atoms with Crippen LogP contribution in [0.1, 0.15) is 23.6 Å². The second-order valence-electron chi connectivity index (χ2n) is 6.71. The standard InChI is InChI=1S/C20H21F2N3O3/c1-25-16(20(27)28-2)10-14(18(25)13-4-3-5-15(21)17(13)22)19(26)24-11-12-6-8-23-9-7-12/h3-9,14,16,18H,10-11H2,1-2H3,(H,24,26)/t14-,16-,18-/m0/s1. The minimum absolute atomic E-state index is 0.0398. The molecule has 0 unspecified atom stereocenters. The first-order valence-electron chi connectivity index (χ1n) is 8.84. The maximum absolute atomic E-state index is 14.5. The summed E-state index contributed by atoms with van der Waals surface area (Å²) in [6.45, 7) is 0.267. The Balaban J connectivity index is 1.88. The van der Waals surface area contributed by atoms with Crippen LogP contribution in [-0.4, -0.2) is 42.0 Å². The van der Waals surface area contributed by atoms with Crippen LogP contribution in [0.25, 0.3) is 0 Å². The lowest BCUT2D eigenvalue weighted by Crippen LogP contribution is -2.36. The number of pyridine rings is 1. The molecule has 0 bridgehead atoms. The molecule has 0 spiro atoms. The van der Waals surface area contributed by atoms with E-state index in [1.54, 1.807) is 36.5 Å². The van der Waals surface area contributed by atoms with Crippen LogP contribution < -0.4 is 5.32 Å². The lowest BCUT2D eigenvalue weighted by Gasteiger charge is -2.27. The average molecular weight is 389 g/mol. The number of aromatic nitrogens is 1. The van der Waals surface area contributed by atoms with Crippen molar-refractivity contribution in [3.63, 3.8) is 0 Å². The molecule has 8 heteroatoms. The van der Waals surface area contributed by atoms with Gasteiger partial charge >= 0.3 is 5.97 Å². The van der Waals surface area contributed by atoms with Crippen LogP contribution in [0.4, 0.5) is 8.78 Å². The van der Waals surface area contributed by atoms with E-state index in [0.29, 0.717) is 0 Å². The van der Waals surface area contributed by atoms with E-state index in [2.05, 4.69) is 10.3 Å². The fourth-order valence-electron chi connectivity index (χ4n) is 3.67. The number of likely N-dealkylation sites (tertiary alicyclic amines) is 1. The molecule has 3 rings (SSSR count). The molecule has 6 nitrogen and oxygen atoms in total. The maximum atomic E-state index is 14.5. The Labute approximate surface area is 161 Å². The van der Waals surface area contributed by atoms with Crippen LogP contribution in [0.15, 0.2) is 42.7 Å². The molecule has 148 valence electrons. The van der Waals surface area contributed by atoms with Crippen molar-refractivity contribution < 1.29 is 23.1 Å². The number of nitrogens with zero attached hydrogens (tertiary/aromatic N) is 2. The molecule has 2 heterocycles. The summed E-state index contributed by atoms with van der Waals surface area (Å²) in [5.74, 6) is -3.62. The van der Waals surface area contributed by atoms with Gasteiger partial charge in [-0.25, -0.2) is 8.78 Å². The topological polar surface area (TPSA) is 71.5 Å². The molecule has 0 saturated carbocycles. The highest BCUT2D eigenvalue weighted by Crippen LogP contribution is 2.41. The van der Waals surface area contributed by atoms with Crippen molar-refractivity contribution in [2.75, 3.05) is 14.2 Å². The normalized spacial score (nSPS) is 22.1. The SMILES string of the molecule is COC(=O)[C@@H]1C[C@H](C(=O)NCc2ccncc2)[C@H](c2cccc(F)c2F)N1C. The second kappa shape index (κ2) is 8.43. The van der Waals surface area contributed by atoms with Gasteiger partial charge in [0, 0.05) is 24.5 Å². The van der Waals surface area contributed by atoms with Crippen molar-refractivity contribution in [1.82, 2.24) is 15.2 Å². The van der Waals surface area contributed by atoms with E-state index in [0.717, 1.165) is 11.6 Å². The third-order valence-corrected chi connectivity index (χ3v) is 5.11. The first-order chi connectivity index (χ1) is 13.4. The van der Waals surface area contributed by atoms with Crippen LogP contribution in [0.3, 0.4) is 0 Å². The Morgan fingerprint density at radius 2 is 1.96 bits per heavy atom. The number of rotatable bonds is 5. The fraction of sp³-hybridized carbons (Fsp3) is 0.350. The number of methoxy groups -OCH3 is 1. The van der Waals surface area contributed by atoms with Crippen molar-refractivity contribution >= 4 is 11.9 Å². The van der Waals surface area contributed by atoms with Crippen molar-refractivity contribution in [1.29, 1.82) is 0 Å². The number of esters is 1.